The van der Waals surface area contributed by atoms with Crippen molar-refractivity contribution in [1.82, 2.24) is 25.5 Å². The number of carboxylic acid groups (broad SMARTS) is 1. The molecule has 0 bridgehead atoms. The summed E-state index contributed by atoms with van der Waals surface area (Å²) in [6.45, 7) is 1.80. The number of ketones is 1. The molecule has 0 aliphatic rings. The summed E-state index contributed by atoms with van der Waals surface area (Å²) in [7, 11) is -1.80. The number of carbonyl (C=O) groups is 3. The summed E-state index contributed by atoms with van der Waals surface area (Å²) in [6, 6.07) is 12.5. The Bertz CT molecular complexity index is 1640. The lowest BCUT2D eigenvalue weighted by Gasteiger charge is -2.24. The normalized spacial score (nSPS) is 11.9. The van der Waals surface area contributed by atoms with E-state index in [-0.39, 0.29) is 43.0 Å². The molecule has 2 atom stereocenters. The van der Waals surface area contributed by atoms with E-state index < -0.39 is 32.7 Å². The Morgan fingerprint density at radius 3 is 2.15 bits per heavy atom. The van der Waals surface area contributed by atoms with Crippen molar-refractivity contribution in [2.24, 2.45) is 5.92 Å². The molecule has 0 saturated heterocycles. The second-order valence-corrected chi connectivity index (χ2v) is 13.6. The molecule has 1 heterocycles. The highest BCUT2D eigenvalue weighted by atomic mass is 32.2. The molecular weight excluding hydrogens is 661 g/mol. The minimum absolute atomic E-state index is 0.00583. The van der Waals surface area contributed by atoms with Crippen LogP contribution in [0.4, 0.5) is 11.4 Å². The van der Waals surface area contributed by atoms with Crippen molar-refractivity contribution >= 4 is 48.4 Å². The average molecular weight is 702 g/mol. The van der Waals surface area contributed by atoms with Crippen LogP contribution < -0.4 is 9.39 Å². The first-order valence-electron chi connectivity index (χ1n) is 15.5. The van der Waals surface area contributed by atoms with Gasteiger partial charge in [-0.25, -0.2) is 8.42 Å². The van der Waals surface area contributed by atoms with Gasteiger partial charge in [0, 0.05) is 37.1 Å². The molecule has 3 rings (SSSR count). The van der Waals surface area contributed by atoms with Crippen molar-refractivity contribution in [1.29, 1.82) is 0 Å². The lowest BCUT2D eigenvalue weighted by atomic mass is 10.00. The van der Waals surface area contributed by atoms with Gasteiger partial charge < -0.3 is 10.2 Å². The third-order valence-corrected chi connectivity index (χ3v) is 9.75. The fourth-order valence-electron chi connectivity index (χ4n) is 4.97. The van der Waals surface area contributed by atoms with E-state index in [2.05, 4.69) is 25.5 Å². The van der Waals surface area contributed by atoms with Crippen molar-refractivity contribution in [2.75, 3.05) is 16.6 Å². The second-order valence-electron chi connectivity index (χ2n) is 11.3. The summed E-state index contributed by atoms with van der Waals surface area (Å²) < 4.78 is 28.1. The van der Waals surface area contributed by atoms with Gasteiger partial charge in [0.1, 0.15) is 11.7 Å². The Morgan fingerprint density at radius 1 is 0.917 bits per heavy atom. The minimum Gasteiger partial charge on any atom is -0.481 e. The number of amides is 1. The van der Waals surface area contributed by atoms with E-state index in [0.717, 1.165) is 11.1 Å². The third-order valence-electron chi connectivity index (χ3n) is 7.60. The SMILES string of the molecule is Cc1nnc(-c2ccc(CC(=O)CCCCN(c3ccc([N+](=O)[O-])cc3)S(=O)(=O)CCCCCCCC(C(=O)O)C(=O)NP)cc2)nn1. The summed E-state index contributed by atoms with van der Waals surface area (Å²) in [5.41, 5.74) is 1.70. The number of benzene rings is 2. The van der Waals surface area contributed by atoms with Crippen molar-refractivity contribution in [3.05, 3.63) is 70.0 Å². The highest BCUT2D eigenvalue weighted by Gasteiger charge is 2.25. The van der Waals surface area contributed by atoms with Gasteiger partial charge in [0.15, 0.2) is 5.82 Å². The number of unbranched alkanes of at least 4 members (excludes halogenated alkanes) is 5. The molecule has 3 aromatic rings. The van der Waals surface area contributed by atoms with Crippen LogP contribution in [0, 0.1) is 23.0 Å². The zero-order chi connectivity index (χ0) is 35.1. The maximum atomic E-state index is 13.4. The van der Waals surface area contributed by atoms with Crippen LogP contribution in [0.15, 0.2) is 48.5 Å². The molecule has 0 aliphatic carbocycles. The Morgan fingerprint density at radius 2 is 1.54 bits per heavy atom. The van der Waals surface area contributed by atoms with Gasteiger partial charge in [-0.1, -0.05) is 49.9 Å². The summed E-state index contributed by atoms with van der Waals surface area (Å²) in [5.74, 6) is -2.19. The topological polar surface area (TPSA) is 216 Å². The summed E-state index contributed by atoms with van der Waals surface area (Å²) in [5, 5.41) is 38.4. The number of aromatic nitrogens is 4. The first kappa shape index (κ1) is 38.0. The Hall–Kier alpha value is -4.43. The van der Waals surface area contributed by atoms with Crippen LogP contribution >= 0.6 is 9.39 Å². The highest BCUT2D eigenvalue weighted by Crippen LogP contribution is 2.24. The highest BCUT2D eigenvalue weighted by molar-refractivity contribution is 7.92. The zero-order valence-electron chi connectivity index (χ0n) is 26.7. The van der Waals surface area contributed by atoms with Crippen molar-refractivity contribution in [2.45, 2.75) is 71.1 Å². The van der Waals surface area contributed by atoms with Gasteiger partial charge in [-0.15, -0.1) is 20.4 Å². The minimum atomic E-state index is -3.79. The number of aryl methyl sites for hydroxylation is 1. The van der Waals surface area contributed by atoms with Crippen LogP contribution in [-0.4, -0.2) is 68.8 Å². The van der Waals surface area contributed by atoms with Gasteiger partial charge in [0.2, 0.25) is 21.8 Å². The van der Waals surface area contributed by atoms with Crippen LogP contribution in [0.1, 0.15) is 69.2 Å². The molecule has 48 heavy (non-hydrogen) atoms. The largest absolute Gasteiger partial charge is 0.481 e. The number of non-ortho nitro benzene ring substituents is 1. The first-order valence-corrected chi connectivity index (χ1v) is 17.7. The van der Waals surface area contributed by atoms with Crippen molar-refractivity contribution < 1.29 is 32.8 Å². The number of rotatable bonds is 21. The summed E-state index contributed by atoms with van der Waals surface area (Å²) >= 11 is 0. The van der Waals surface area contributed by atoms with E-state index in [1.165, 1.54) is 28.6 Å². The van der Waals surface area contributed by atoms with E-state index >= 15 is 0 Å². The number of hydrogen-bond donors (Lipinski definition) is 2. The number of nitrogens with one attached hydrogen (secondary N) is 1. The van der Waals surface area contributed by atoms with Crippen molar-refractivity contribution in [3.8, 4) is 11.4 Å². The van der Waals surface area contributed by atoms with Crippen LogP contribution in [0.5, 0.6) is 0 Å². The Balaban J connectivity index is 1.50. The fourth-order valence-corrected chi connectivity index (χ4v) is 6.81. The Kier molecular flexibility index (Phi) is 14.9. The number of anilines is 1. The molecular formula is C31H40N7O8PS. The molecule has 258 valence electrons. The predicted octanol–water partition coefficient (Wildman–Crippen LogP) is 4.22. The number of carbonyl (C=O) groups excluding carboxylic acids is 2. The van der Waals surface area contributed by atoms with Gasteiger partial charge in [-0.2, -0.15) is 0 Å². The molecule has 15 nitrogen and oxygen atoms in total. The molecule has 1 amide bonds. The molecule has 17 heteroatoms. The molecule has 1 aromatic heterocycles. The molecule has 2 N–H and O–H groups in total. The van der Waals surface area contributed by atoms with Crippen LogP contribution in [-0.2, 0) is 30.8 Å². The van der Waals surface area contributed by atoms with E-state index in [9.17, 15) is 38.0 Å². The Labute approximate surface area is 281 Å². The number of nitro groups is 1. The molecule has 2 unspecified atom stereocenters. The van der Waals surface area contributed by atoms with E-state index in [1.54, 1.807) is 19.1 Å². The van der Waals surface area contributed by atoms with Gasteiger partial charge >= 0.3 is 5.97 Å². The smallest absolute Gasteiger partial charge is 0.316 e. The maximum Gasteiger partial charge on any atom is 0.316 e. The molecule has 0 fully saturated rings. The average Bonchev–Trinajstić information content (AvgIpc) is 3.06. The molecule has 0 aliphatic heterocycles. The maximum absolute atomic E-state index is 13.4. The number of sulfonamides is 1. The zero-order valence-corrected chi connectivity index (χ0v) is 28.6. The second kappa shape index (κ2) is 18.8. The van der Waals surface area contributed by atoms with Crippen LogP contribution in [0.25, 0.3) is 11.4 Å². The summed E-state index contributed by atoms with van der Waals surface area (Å²) in [4.78, 5) is 46.2. The fraction of sp³-hybridized carbons (Fsp3) is 0.452. The van der Waals surface area contributed by atoms with Crippen LogP contribution in [0.3, 0.4) is 0 Å². The first-order chi connectivity index (χ1) is 22.9. The van der Waals surface area contributed by atoms with E-state index in [0.29, 0.717) is 62.3 Å². The summed E-state index contributed by atoms with van der Waals surface area (Å²) in [6.07, 6.45) is 4.30. The molecule has 0 spiro atoms. The van der Waals surface area contributed by atoms with Gasteiger partial charge in [0.05, 0.1) is 16.4 Å². The molecule has 0 radical (unpaired) electrons. The number of Topliss-reactive ketones (excluding diaryl/α,β-unsaturated/α-hetero) is 1. The number of carboxylic acids is 1. The number of aliphatic carboxylic acids is 1. The third kappa shape index (κ3) is 12.0. The van der Waals surface area contributed by atoms with Crippen LogP contribution in [0.2, 0.25) is 0 Å². The monoisotopic (exact) mass is 701 g/mol. The molecule has 0 saturated carbocycles. The number of nitrogens with zero attached hydrogens (tertiary/aromatic N) is 6. The lowest BCUT2D eigenvalue weighted by molar-refractivity contribution is -0.384. The van der Waals surface area contributed by atoms with Gasteiger partial charge in [0.25, 0.3) is 5.69 Å². The van der Waals surface area contributed by atoms with E-state index in [1.807, 2.05) is 21.5 Å². The quantitative estimate of drug-likeness (QED) is 0.0525. The standard InChI is InChI=1S/C31H40N7O8PS/c1-22-32-34-29(35-33-22)24-13-11-23(12-14-24)21-27(39)9-6-7-19-37(25-15-17-26(18-16-25)38(43)44)48(45,46)20-8-4-2-3-5-10-28(31(41)42)30(40)36-47/h11-18,28H,2-10,19-21,47H2,1H3,(H,36,40)(H,41,42). The van der Waals surface area contributed by atoms with Gasteiger partial charge in [-0.05, 0) is 59.7 Å². The predicted molar refractivity (Wildman–Crippen MR) is 181 cm³/mol. The van der Waals surface area contributed by atoms with E-state index in [4.69, 9.17) is 0 Å². The molecule has 2 aromatic carbocycles. The van der Waals surface area contributed by atoms with Gasteiger partial charge in [-0.3, -0.25) is 28.8 Å². The van der Waals surface area contributed by atoms with Crippen molar-refractivity contribution in [3.63, 3.8) is 0 Å². The number of hydrogen-bond acceptors (Lipinski definition) is 11. The number of nitro benzene ring substituents is 1. The lowest BCUT2D eigenvalue weighted by Crippen LogP contribution is -2.34.